The highest BCUT2D eigenvalue weighted by molar-refractivity contribution is 9.10. The molecule has 0 saturated carbocycles. The minimum absolute atomic E-state index is 0.768. The molecule has 0 radical (unpaired) electrons. The highest BCUT2D eigenvalue weighted by Gasteiger charge is 1.98. The van der Waals surface area contributed by atoms with E-state index in [1.807, 2.05) is 35.0 Å². The van der Waals surface area contributed by atoms with Gasteiger partial charge in [-0.15, -0.1) is 0 Å². The van der Waals surface area contributed by atoms with Gasteiger partial charge in [0.05, 0.1) is 0 Å². The smallest absolute Gasteiger partial charge is 0.109 e. The van der Waals surface area contributed by atoms with Crippen molar-refractivity contribution in [3.8, 4) is 0 Å². The van der Waals surface area contributed by atoms with Crippen molar-refractivity contribution in [2.75, 3.05) is 0 Å². The molecular formula is C11H9BrClN. The van der Waals surface area contributed by atoms with Crippen molar-refractivity contribution in [3.63, 3.8) is 0 Å². The zero-order valence-electron chi connectivity index (χ0n) is 7.45. The van der Waals surface area contributed by atoms with Crippen LogP contribution in [0, 0.1) is 0 Å². The summed E-state index contributed by atoms with van der Waals surface area (Å²) in [4.78, 5) is 0. The highest BCUT2D eigenvalue weighted by atomic mass is 79.9. The largest absolute Gasteiger partial charge is 0.334 e. The summed E-state index contributed by atoms with van der Waals surface area (Å²) in [5, 5.41) is 0.768. The first kappa shape index (κ1) is 9.81. The van der Waals surface area contributed by atoms with Gasteiger partial charge in [0.15, 0.2) is 0 Å². The summed E-state index contributed by atoms with van der Waals surface area (Å²) in [7, 11) is 0. The van der Waals surface area contributed by atoms with Gasteiger partial charge >= 0.3 is 0 Å². The first-order chi connectivity index (χ1) is 6.75. The van der Waals surface area contributed by atoms with Gasteiger partial charge < -0.3 is 4.57 Å². The van der Waals surface area contributed by atoms with Gasteiger partial charge in [-0.05, 0) is 29.8 Å². The molecule has 0 bridgehead atoms. The Bertz CT molecular complexity index is 436. The first-order valence-electron chi connectivity index (χ1n) is 4.31. The van der Waals surface area contributed by atoms with Gasteiger partial charge in [0.25, 0.3) is 0 Å². The normalized spacial score (nSPS) is 10.4. The molecule has 0 aliphatic rings. The molecule has 0 aliphatic heterocycles. The van der Waals surface area contributed by atoms with E-state index in [0.717, 1.165) is 16.2 Å². The van der Waals surface area contributed by atoms with Crippen LogP contribution in [-0.2, 0) is 6.54 Å². The molecule has 0 spiro atoms. The number of rotatable bonds is 2. The Kier molecular flexibility index (Phi) is 2.94. The molecule has 0 unspecified atom stereocenters. The van der Waals surface area contributed by atoms with Crippen molar-refractivity contribution in [2.45, 2.75) is 6.54 Å². The van der Waals surface area contributed by atoms with Crippen molar-refractivity contribution in [2.24, 2.45) is 0 Å². The molecule has 0 amide bonds. The Labute approximate surface area is 96.4 Å². The molecule has 0 saturated heterocycles. The van der Waals surface area contributed by atoms with E-state index in [-0.39, 0.29) is 0 Å². The van der Waals surface area contributed by atoms with Crippen molar-refractivity contribution in [3.05, 3.63) is 57.8 Å². The fourth-order valence-electron chi connectivity index (χ4n) is 1.35. The molecule has 1 nitrogen and oxygen atoms in total. The van der Waals surface area contributed by atoms with E-state index < -0.39 is 0 Å². The van der Waals surface area contributed by atoms with Gasteiger partial charge in [0.2, 0.25) is 0 Å². The second kappa shape index (κ2) is 4.20. The number of hydrogen-bond donors (Lipinski definition) is 0. The minimum Gasteiger partial charge on any atom is -0.334 e. The molecule has 0 aliphatic carbocycles. The van der Waals surface area contributed by atoms with Crippen LogP contribution in [-0.4, -0.2) is 4.57 Å². The number of aromatic nitrogens is 1. The second-order valence-corrected chi connectivity index (χ2v) is 4.39. The lowest BCUT2D eigenvalue weighted by molar-refractivity contribution is 0.806. The lowest BCUT2D eigenvalue weighted by Gasteiger charge is -2.05. The molecule has 0 atom stereocenters. The third-order valence-electron chi connectivity index (χ3n) is 2.02. The Hall–Kier alpha value is -0.730. The quantitative estimate of drug-likeness (QED) is 0.779. The fourth-order valence-corrected chi connectivity index (χ4v) is 1.99. The van der Waals surface area contributed by atoms with E-state index in [2.05, 4.69) is 28.1 Å². The minimum atomic E-state index is 0.768. The first-order valence-corrected chi connectivity index (χ1v) is 5.48. The summed E-state index contributed by atoms with van der Waals surface area (Å²) in [6.45, 7) is 0.811. The third-order valence-corrected chi connectivity index (χ3v) is 2.85. The monoisotopic (exact) mass is 269 g/mol. The van der Waals surface area contributed by atoms with E-state index in [4.69, 9.17) is 11.6 Å². The van der Waals surface area contributed by atoms with Gasteiger partial charge in [-0.3, -0.25) is 0 Å². The van der Waals surface area contributed by atoms with E-state index >= 15 is 0 Å². The zero-order valence-corrected chi connectivity index (χ0v) is 9.79. The lowest BCUT2D eigenvalue weighted by Crippen LogP contribution is -1.97. The summed E-state index contributed by atoms with van der Waals surface area (Å²) in [5.74, 6) is 0. The molecule has 14 heavy (non-hydrogen) atoms. The molecular weight excluding hydrogens is 261 g/mol. The van der Waals surface area contributed by atoms with Crippen molar-refractivity contribution < 1.29 is 0 Å². The fraction of sp³-hybridized carbons (Fsp3) is 0.0909. The summed E-state index contributed by atoms with van der Waals surface area (Å²) >= 11 is 9.42. The molecule has 3 heteroatoms. The molecule has 72 valence electrons. The second-order valence-electron chi connectivity index (χ2n) is 3.09. The van der Waals surface area contributed by atoms with Crippen LogP contribution >= 0.6 is 27.5 Å². The number of benzene rings is 1. The van der Waals surface area contributed by atoms with E-state index in [1.165, 1.54) is 5.56 Å². The van der Waals surface area contributed by atoms with E-state index in [1.54, 1.807) is 0 Å². The number of hydrogen-bond acceptors (Lipinski definition) is 0. The van der Waals surface area contributed by atoms with E-state index in [9.17, 15) is 0 Å². The predicted molar refractivity (Wildman–Crippen MR) is 62.7 cm³/mol. The van der Waals surface area contributed by atoms with Gasteiger partial charge in [-0.1, -0.05) is 39.7 Å². The summed E-state index contributed by atoms with van der Waals surface area (Å²) < 4.78 is 3.10. The Morgan fingerprint density at radius 1 is 1.21 bits per heavy atom. The van der Waals surface area contributed by atoms with Crippen LogP contribution in [0.3, 0.4) is 0 Å². The topological polar surface area (TPSA) is 4.93 Å². The Balaban J connectivity index is 2.23. The summed E-state index contributed by atoms with van der Waals surface area (Å²) in [6.07, 6.45) is 1.98. The van der Waals surface area contributed by atoms with Crippen molar-refractivity contribution in [1.29, 1.82) is 0 Å². The van der Waals surface area contributed by atoms with Gasteiger partial charge in [0, 0.05) is 17.2 Å². The summed E-state index contributed by atoms with van der Waals surface area (Å²) in [5.41, 5.74) is 1.23. The van der Waals surface area contributed by atoms with E-state index in [0.29, 0.717) is 0 Å². The predicted octanol–water partition coefficient (Wildman–Crippen LogP) is 3.95. The highest BCUT2D eigenvalue weighted by Crippen LogP contribution is 2.15. The van der Waals surface area contributed by atoms with Crippen molar-refractivity contribution >= 4 is 27.5 Å². The zero-order chi connectivity index (χ0) is 9.97. The average molecular weight is 271 g/mol. The standard InChI is InChI=1S/C11H9BrClN/c12-10-4-1-3-9(7-10)8-14-6-2-5-11(14)13/h1-7H,8H2. The molecule has 0 N–H and O–H groups in total. The lowest BCUT2D eigenvalue weighted by atomic mass is 10.2. The van der Waals surface area contributed by atoms with Gasteiger partial charge in [-0.2, -0.15) is 0 Å². The van der Waals surface area contributed by atoms with Crippen LogP contribution < -0.4 is 0 Å². The molecule has 0 fully saturated rings. The molecule has 2 aromatic rings. The average Bonchev–Trinajstić information content (AvgIpc) is 2.52. The molecule has 1 aromatic heterocycles. The Morgan fingerprint density at radius 3 is 2.71 bits per heavy atom. The third kappa shape index (κ3) is 2.20. The maximum Gasteiger partial charge on any atom is 0.109 e. The molecule has 1 aromatic carbocycles. The summed E-state index contributed by atoms with van der Waals surface area (Å²) in [6, 6.07) is 12.1. The van der Waals surface area contributed by atoms with Gasteiger partial charge in [0.1, 0.15) is 5.15 Å². The maximum absolute atomic E-state index is 5.98. The van der Waals surface area contributed by atoms with Crippen molar-refractivity contribution in [1.82, 2.24) is 4.57 Å². The van der Waals surface area contributed by atoms with Crippen LogP contribution in [0.5, 0.6) is 0 Å². The Morgan fingerprint density at radius 2 is 2.07 bits per heavy atom. The molecule has 1 heterocycles. The van der Waals surface area contributed by atoms with Crippen LogP contribution in [0.4, 0.5) is 0 Å². The number of halogens is 2. The van der Waals surface area contributed by atoms with Crippen LogP contribution in [0.1, 0.15) is 5.56 Å². The molecule has 2 rings (SSSR count). The van der Waals surface area contributed by atoms with Crippen LogP contribution in [0.2, 0.25) is 5.15 Å². The SMILES string of the molecule is Clc1cccn1Cc1cccc(Br)c1. The van der Waals surface area contributed by atoms with Gasteiger partial charge in [-0.25, -0.2) is 0 Å². The van der Waals surface area contributed by atoms with Crippen LogP contribution in [0.15, 0.2) is 47.1 Å². The van der Waals surface area contributed by atoms with Crippen LogP contribution in [0.25, 0.3) is 0 Å². The number of nitrogens with zero attached hydrogens (tertiary/aromatic N) is 1. The maximum atomic E-state index is 5.98.